The van der Waals surface area contributed by atoms with Crippen molar-refractivity contribution in [1.29, 1.82) is 0 Å². The number of phenols is 4. The number of aromatic amines is 1. The third-order valence-corrected chi connectivity index (χ3v) is 3.40. The lowest BCUT2D eigenvalue weighted by molar-refractivity contribution is 0.450. The van der Waals surface area contributed by atoms with Gasteiger partial charge in [-0.1, -0.05) is 6.07 Å². The quantitative estimate of drug-likeness (QED) is 0.341. The summed E-state index contributed by atoms with van der Waals surface area (Å²) in [7, 11) is 0. The normalized spacial score (nSPS) is 10.4. The van der Waals surface area contributed by atoms with E-state index in [0.29, 0.717) is 0 Å². The van der Waals surface area contributed by atoms with Crippen LogP contribution in [0.25, 0.3) is 21.8 Å². The fourth-order valence-corrected chi connectivity index (χ4v) is 2.38. The van der Waals surface area contributed by atoms with Crippen LogP contribution >= 0.6 is 0 Å². The maximum Gasteiger partial charge on any atom is 0.119 e. The predicted octanol–water partition coefficient (Wildman–Crippen LogP) is 3.83. The average Bonchev–Trinajstić information content (AvgIpc) is 2.83. The highest BCUT2D eigenvalue weighted by Crippen LogP contribution is 2.29. The van der Waals surface area contributed by atoms with Gasteiger partial charge in [-0.2, -0.15) is 0 Å². The first-order valence-electron chi connectivity index (χ1n) is 6.94. The molecule has 23 heavy (non-hydrogen) atoms. The number of H-pyrrole nitrogens is 1. The standard InChI is InChI=1S/C12H9NO2.C6H6O2/c14-7-1-3-9-10-4-2-8(15)6-12(10)13-11(9)5-7;7-5-2-1-3-6(8)4-5/h1-6,13-15H;1-4,7-8H. The highest BCUT2D eigenvalue weighted by atomic mass is 16.3. The molecule has 0 fully saturated rings. The zero-order chi connectivity index (χ0) is 16.4. The lowest BCUT2D eigenvalue weighted by Crippen LogP contribution is -1.66. The second-order valence-electron chi connectivity index (χ2n) is 5.10. The molecule has 0 bridgehead atoms. The number of fused-ring (bicyclic) bond motifs is 3. The Labute approximate surface area is 131 Å². The van der Waals surface area contributed by atoms with Crippen molar-refractivity contribution in [2.45, 2.75) is 0 Å². The molecule has 5 heteroatoms. The summed E-state index contributed by atoms with van der Waals surface area (Å²) >= 11 is 0. The molecule has 0 aliphatic heterocycles. The Morgan fingerprint density at radius 1 is 0.522 bits per heavy atom. The van der Waals surface area contributed by atoms with E-state index in [1.165, 1.54) is 18.2 Å². The molecule has 5 nitrogen and oxygen atoms in total. The maximum atomic E-state index is 9.34. The van der Waals surface area contributed by atoms with Gasteiger partial charge in [0, 0.05) is 29.0 Å². The molecule has 0 amide bonds. The summed E-state index contributed by atoms with van der Waals surface area (Å²) in [6.45, 7) is 0. The maximum absolute atomic E-state index is 9.34. The molecular formula is C18H15NO4. The summed E-state index contributed by atoms with van der Waals surface area (Å²) in [5.41, 5.74) is 1.74. The Hall–Kier alpha value is -3.34. The molecule has 5 N–H and O–H groups in total. The molecule has 1 heterocycles. The highest BCUT2D eigenvalue weighted by Gasteiger charge is 2.04. The van der Waals surface area contributed by atoms with Crippen LogP contribution in [0.15, 0.2) is 60.7 Å². The SMILES string of the molecule is Oc1ccc2c(c1)[nH]c1cc(O)ccc12.Oc1cccc(O)c1. The molecular weight excluding hydrogens is 294 g/mol. The van der Waals surface area contributed by atoms with E-state index in [9.17, 15) is 10.2 Å². The fourth-order valence-electron chi connectivity index (χ4n) is 2.38. The molecule has 0 saturated carbocycles. The summed E-state index contributed by atoms with van der Waals surface area (Å²) in [4.78, 5) is 3.14. The Kier molecular flexibility index (Phi) is 3.68. The van der Waals surface area contributed by atoms with Gasteiger partial charge in [0.1, 0.15) is 23.0 Å². The minimum absolute atomic E-state index is 0.0880. The van der Waals surface area contributed by atoms with Gasteiger partial charge in [-0.25, -0.2) is 0 Å². The molecule has 0 radical (unpaired) electrons. The van der Waals surface area contributed by atoms with Crippen LogP contribution in [0.4, 0.5) is 0 Å². The van der Waals surface area contributed by atoms with E-state index >= 15 is 0 Å². The molecule has 1 aromatic heterocycles. The summed E-state index contributed by atoms with van der Waals surface area (Å²) in [6, 6.07) is 16.2. The van der Waals surface area contributed by atoms with Crippen molar-refractivity contribution < 1.29 is 20.4 Å². The minimum atomic E-state index is 0.0880. The number of benzene rings is 3. The van der Waals surface area contributed by atoms with Crippen LogP contribution in [-0.2, 0) is 0 Å². The molecule has 0 aliphatic carbocycles. The van der Waals surface area contributed by atoms with E-state index in [-0.39, 0.29) is 23.0 Å². The molecule has 0 unspecified atom stereocenters. The molecule has 0 spiro atoms. The van der Waals surface area contributed by atoms with Crippen molar-refractivity contribution in [1.82, 2.24) is 4.98 Å². The molecule has 3 aromatic carbocycles. The van der Waals surface area contributed by atoms with Gasteiger partial charge in [0.25, 0.3) is 0 Å². The molecule has 0 atom stereocenters. The lowest BCUT2D eigenvalue weighted by Gasteiger charge is -1.92. The first kappa shape index (κ1) is 14.6. The van der Waals surface area contributed by atoms with Gasteiger partial charge in [0.15, 0.2) is 0 Å². The van der Waals surface area contributed by atoms with Crippen LogP contribution in [0.5, 0.6) is 23.0 Å². The van der Waals surface area contributed by atoms with Crippen molar-refractivity contribution in [2.75, 3.05) is 0 Å². The van der Waals surface area contributed by atoms with Crippen LogP contribution in [0.2, 0.25) is 0 Å². The fraction of sp³-hybridized carbons (Fsp3) is 0. The number of hydrogen-bond acceptors (Lipinski definition) is 4. The Bertz CT molecular complexity index is 902. The number of hydrogen-bond donors (Lipinski definition) is 5. The molecule has 0 aliphatic rings. The van der Waals surface area contributed by atoms with Gasteiger partial charge in [-0.15, -0.1) is 0 Å². The predicted molar refractivity (Wildman–Crippen MR) is 88.9 cm³/mol. The van der Waals surface area contributed by atoms with E-state index in [1.807, 2.05) is 12.1 Å². The van der Waals surface area contributed by atoms with Crippen molar-refractivity contribution in [2.24, 2.45) is 0 Å². The first-order valence-corrected chi connectivity index (χ1v) is 6.94. The Morgan fingerprint density at radius 3 is 1.35 bits per heavy atom. The number of rotatable bonds is 0. The van der Waals surface area contributed by atoms with Gasteiger partial charge in [0.05, 0.1) is 11.0 Å². The van der Waals surface area contributed by atoms with Crippen molar-refractivity contribution in [3.05, 3.63) is 60.7 Å². The second-order valence-corrected chi connectivity index (χ2v) is 5.10. The average molecular weight is 309 g/mol. The number of nitrogens with one attached hydrogen (secondary N) is 1. The molecule has 116 valence electrons. The number of phenolic OH excluding ortho intramolecular Hbond substituents is 4. The first-order chi connectivity index (χ1) is 11.0. The van der Waals surface area contributed by atoms with Crippen LogP contribution in [0.1, 0.15) is 0 Å². The molecule has 4 aromatic rings. The van der Waals surface area contributed by atoms with Gasteiger partial charge < -0.3 is 25.4 Å². The highest BCUT2D eigenvalue weighted by molar-refractivity contribution is 6.07. The van der Waals surface area contributed by atoms with Gasteiger partial charge in [0.2, 0.25) is 0 Å². The van der Waals surface area contributed by atoms with Gasteiger partial charge in [-0.05, 0) is 36.4 Å². The number of aromatic nitrogens is 1. The van der Waals surface area contributed by atoms with E-state index in [2.05, 4.69) is 4.98 Å². The zero-order valence-corrected chi connectivity index (χ0v) is 12.1. The van der Waals surface area contributed by atoms with Gasteiger partial charge in [-0.3, -0.25) is 0 Å². The summed E-state index contributed by atoms with van der Waals surface area (Å²) in [6.07, 6.45) is 0. The Morgan fingerprint density at radius 2 is 0.957 bits per heavy atom. The third-order valence-electron chi connectivity index (χ3n) is 3.40. The van der Waals surface area contributed by atoms with Crippen LogP contribution in [0.3, 0.4) is 0 Å². The van der Waals surface area contributed by atoms with Crippen LogP contribution in [0, 0.1) is 0 Å². The van der Waals surface area contributed by atoms with E-state index in [1.54, 1.807) is 30.3 Å². The third kappa shape index (κ3) is 3.13. The summed E-state index contributed by atoms with van der Waals surface area (Å²) < 4.78 is 0. The second kappa shape index (κ2) is 5.81. The largest absolute Gasteiger partial charge is 0.508 e. The molecule has 0 saturated heterocycles. The van der Waals surface area contributed by atoms with Crippen LogP contribution < -0.4 is 0 Å². The number of aromatic hydroxyl groups is 4. The van der Waals surface area contributed by atoms with E-state index < -0.39 is 0 Å². The van der Waals surface area contributed by atoms with Crippen molar-refractivity contribution in [3.8, 4) is 23.0 Å². The minimum Gasteiger partial charge on any atom is -0.508 e. The van der Waals surface area contributed by atoms with Crippen LogP contribution in [-0.4, -0.2) is 25.4 Å². The van der Waals surface area contributed by atoms with Crippen molar-refractivity contribution in [3.63, 3.8) is 0 Å². The summed E-state index contributed by atoms with van der Waals surface area (Å²) in [5.74, 6) is 0.645. The zero-order valence-electron chi connectivity index (χ0n) is 12.1. The topological polar surface area (TPSA) is 96.7 Å². The lowest BCUT2D eigenvalue weighted by atomic mass is 10.1. The smallest absolute Gasteiger partial charge is 0.119 e. The monoisotopic (exact) mass is 309 g/mol. The molecule has 4 rings (SSSR count). The Balaban J connectivity index is 0.000000166. The van der Waals surface area contributed by atoms with E-state index in [4.69, 9.17) is 10.2 Å². The van der Waals surface area contributed by atoms with E-state index in [0.717, 1.165) is 21.8 Å². The van der Waals surface area contributed by atoms with Crippen molar-refractivity contribution >= 4 is 21.8 Å². The van der Waals surface area contributed by atoms with Gasteiger partial charge >= 0.3 is 0 Å². The summed E-state index contributed by atoms with van der Waals surface area (Å²) in [5, 5.41) is 38.1.